The summed E-state index contributed by atoms with van der Waals surface area (Å²) < 4.78 is 0. The van der Waals surface area contributed by atoms with Gasteiger partial charge >= 0.3 is 0 Å². The predicted octanol–water partition coefficient (Wildman–Crippen LogP) is 4.66. The van der Waals surface area contributed by atoms with E-state index in [0.29, 0.717) is 36.0 Å². The lowest BCUT2D eigenvalue weighted by Gasteiger charge is -2.63. The first-order valence-corrected chi connectivity index (χ1v) is 15.3. The Balaban J connectivity index is 1.16. The molecule has 1 amide bonds. The number of hydrogen-bond donors (Lipinski definition) is 3. The standard InChI is InChI=1S/C32H48N2O4/c1-18(5-10-29(38)34-14-12-25-26(34)9-6-19(2)33-25)22-7-8-23-30-24(17-28(37)32(22,23)4)31(3)13-11-21(35)15-20(31)16-27(30)36/h6,9,18,20-24,27-28,30,35-37H,5,7-8,10-17H2,1-4H3/t18-,20+,21-,22-,23+,24+,27-,28+,30+,31+,32-/m1/s1. The van der Waals surface area contributed by atoms with Crippen LogP contribution in [0.5, 0.6) is 0 Å². The summed E-state index contributed by atoms with van der Waals surface area (Å²) in [4.78, 5) is 19.8. The molecule has 0 saturated heterocycles. The number of nitrogens with zero attached hydrogens (tertiary/aromatic N) is 2. The summed E-state index contributed by atoms with van der Waals surface area (Å²) in [5.41, 5.74) is 2.89. The highest BCUT2D eigenvalue weighted by atomic mass is 16.3. The zero-order valence-electron chi connectivity index (χ0n) is 23.8. The summed E-state index contributed by atoms with van der Waals surface area (Å²) in [6.07, 6.45) is 7.53. The van der Waals surface area contributed by atoms with Crippen molar-refractivity contribution in [2.45, 2.75) is 110 Å². The predicted molar refractivity (Wildman–Crippen MR) is 147 cm³/mol. The molecule has 2 heterocycles. The number of aryl methyl sites for hydroxylation is 1. The van der Waals surface area contributed by atoms with Crippen LogP contribution >= 0.6 is 0 Å². The zero-order valence-corrected chi connectivity index (χ0v) is 23.8. The fourth-order valence-corrected chi connectivity index (χ4v) is 10.4. The maximum Gasteiger partial charge on any atom is 0.227 e. The van der Waals surface area contributed by atoms with E-state index in [4.69, 9.17) is 0 Å². The largest absolute Gasteiger partial charge is 0.393 e. The van der Waals surface area contributed by atoms with Crippen molar-refractivity contribution in [3.8, 4) is 0 Å². The lowest BCUT2D eigenvalue weighted by molar-refractivity contribution is -0.207. The first-order chi connectivity index (χ1) is 18.0. The van der Waals surface area contributed by atoms with Gasteiger partial charge in [-0.15, -0.1) is 0 Å². The molecule has 4 aliphatic carbocycles. The molecule has 11 atom stereocenters. The number of aliphatic hydroxyl groups is 3. The Kier molecular flexibility index (Phi) is 6.72. The Morgan fingerprint density at radius 2 is 1.89 bits per heavy atom. The number of aromatic nitrogens is 1. The fraction of sp³-hybridized carbons (Fsp3) is 0.812. The Morgan fingerprint density at radius 1 is 1.11 bits per heavy atom. The minimum Gasteiger partial charge on any atom is -0.393 e. The van der Waals surface area contributed by atoms with Crippen LogP contribution in [-0.2, 0) is 11.2 Å². The molecule has 5 aliphatic rings. The van der Waals surface area contributed by atoms with Crippen LogP contribution in [0.25, 0.3) is 0 Å². The third-order valence-corrected chi connectivity index (χ3v) is 12.6. The van der Waals surface area contributed by atoms with Crippen LogP contribution in [0, 0.1) is 53.3 Å². The molecule has 6 rings (SSSR count). The Hall–Kier alpha value is -1.50. The van der Waals surface area contributed by atoms with Gasteiger partial charge < -0.3 is 20.2 Å². The van der Waals surface area contributed by atoms with E-state index in [2.05, 4.69) is 25.8 Å². The van der Waals surface area contributed by atoms with Crippen molar-refractivity contribution >= 4 is 11.6 Å². The van der Waals surface area contributed by atoms with E-state index in [9.17, 15) is 20.1 Å². The second kappa shape index (κ2) is 9.55. The molecule has 1 aliphatic heterocycles. The summed E-state index contributed by atoms with van der Waals surface area (Å²) in [5, 5.41) is 33.6. The van der Waals surface area contributed by atoms with Gasteiger partial charge in [-0.3, -0.25) is 9.78 Å². The van der Waals surface area contributed by atoms with Gasteiger partial charge in [0, 0.05) is 25.1 Å². The fourth-order valence-electron chi connectivity index (χ4n) is 10.4. The highest BCUT2D eigenvalue weighted by molar-refractivity contribution is 5.95. The van der Waals surface area contributed by atoms with Crippen molar-refractivity contribution < 1.29 is 20.1 Å². The lowest BCUT2D eigenvalue weighted by Crippen LogP contribution is -2.62. The van der Waals surface area contributed by atoms with Gasteiger partial charge in [0.2, 0.25) is 5.91 Å². The number of hydrogen-bond acceptors (Lipinski definition) is 5. The van der Waals surface area contributed by atoms with Gasteiger partial charge in [-0.2, -0.15) is 0 Å². The van der Waals surface area contributed by atoms with Crippen molar-refractivity contribution in [2.75, 3.05) is 11.4 Å². The molecule has 3 N–H and O–H groups in total. The van der Waals surface area contributed by atoms with E-state index in [1.165, 1.54) is 0 Å². The average molecular weight is 525 g/mol. The summed E-state index contributed by atoms with van der Waals surface area (Å²) in [7, 11) is 0. The summed E-state index contributed by atoms with van der Waals surface area (Å²) >= 11 is 0. The Bertz CT molecular complexity index is 1080. The van der Waals surface area contributed by atoms with E-state index < -0.39 is 0 Å². The van der Waals surface area contributed by atoms with Crippen molar-refractivity contribution in [3.05, 3.63) is 23.5 Å². The monoisotopic (exact) mass is 524 g/mol. The van der Waals surface area contributed by atoms with Crippen molar-refractivity contribution in [1.82, 2.24) is 4.98 Å². The number of amides is 1. The molecule has 6 nitrogen and oxygen atoms in total. The smallest absolute Gasteiger partial charge is 0.227 e. The molecule has 1 aromatic heterocycles. The second-order valence-electron chi connectivity index (χ2n) is 14.3. The number of carbonyl (C=O) groups is 1. The highest BCUT2D eigenvalue weighted by Gasteiger charge is 2.65. The molecule has 0 bridgehead atoms. The van der Waals surface area contributed by atoms with E-state index in [1.807, 2.05) is 24.0 Å². The molecular weight excluding hydrogens is 476 g/mol. The number of pyridine rings is 1. The van der Waals surface area contributed by atoms with E-state index >= 15 is 0 Å². The molecule has 1 aromatic rings. The van der Waals surface area contributed by atoms with Gasteiger partial charge in [-0.05, 0) is 117 Å². The van der Waals surface area contributed by atoms with Crippen LogP contribution in [0.3, 0.4) is 0 Å². The molecule has 0 spiro atoms. The second-order valence-corrected chi connectivity index (χ2v) is 14.3. The van der Waals surface area contributed by atoms with Crippen LogP contribution in [0.15, 0.2) is 12.1 Å². The number of anilines is 1. The summed E-state index contributed by atoms with van der Waals surface area (Å²) in [6, 6.07) is 4.03. The van der Waals surface area contributed by atoms with Gasteiger partial charge in [-0.1, -0.05) is 20.8 Å². The molecule has 4 fully saturated rings. The van der Waals surface area contributed by atoms with Crippen LogP contribution in [0.2, 0.25) is 0 Å². The van der Waals surface area contributed by atoms with E-state index in [1.54, 1.807) is 0 Å². The number of aliphatic hydroxyl groups excluding tert-OH is 3. The quantitative estimate of drug-likeness (QED) is 0.533. The molecule has 0 radical (unpaired) electrons. The van der Waals surface area contributed by atoms with Crippen molar-refractivity contribution in [2.24, 2.45) is 46.3 Å². The Labute approximate surface area is 228 Å². The molecule has 6 heteroatoms. The number of rotatable bonds is 4. The SMILES string of the molecule is Cc1ccc2c(n1)CCN2C(=O)CC[C@@H](C)[C@H]1CC[C@H]2[C@@H]3[C@H](O)C[C@@H]4C[C@H](O)CC[C@]4(C)[C@H]3C[C@H](O)[C@]12C. The maximum atomic E-state index is 13.3. The summed E-state index contributed by atoms with van der Waals surface area (Å²) in [5.74, 6) is 2.10. The Morgan fingerprint density at radius 3 is 2.68 bits per heavy atom. The van der Waals surface area contributed by atoms with Crippen molar-refractivity contribution in [1.29, 1.82) is 0 Å². The average Bonchev–Trinajstić information content (AvgIpc) is 3.45. The first-order valence-electron chi connectivity index (χ1n) is 15.3. The third kappa shape index (κ3) is 3.99. The number of carbonyl (C=O) groups excluding carboxylic acids is 1. The van der Waals surface area contributed by atoms with E-state index in [0.717, 1.165) is 81.4 Å². The maximum absolute atomic E-state index is 13.3. The molecule has 0 unspecified atom stereocenters. The third-order valence-electron chi connectivity index (χ3n) is 12.6. The van der Waals surface area contributed by atoms with Gasteiger partial charge in [0.15, 0.2) is 0 Å². The van der Waals surface area contributed by atoms with Gasteiger partial charge in [0.05, 0.1) is 29.7 Å². The van der Waals surface area contributed by atoms with Gasteiger partial charge in [0.1, 0.15) is 0 Å². The van der Waals surface area contributed by atoms with Crippen LogP contribution in [-0.4, -0.2) is 51.1 Å². The minimum absolute atomic E-state index is 0.0982. The molecule has 210 valence electrons. The zero-order chi connectivity index (χ0) is 27.0. The molecule has 38 heavy (non-hydrogen) atoms. The number of fused-ring (bicyclic) bond motifs is 6. The van der Waals surface area contributed by atoms with Gasteiger partial charge in [-0.25, -0.2) is 0 Å². The molecular formula is C32H48N2O4. The lowest BCUT2D eigenvalue weighted by atomic mass is 9.43. The molecule has 0 aromatic carbocycles. The normalized spacial score (nSPS) is 44.7. The van der Waals surface area contributed by atoms with Crippen LogP contribution in [0.4, 0.5) is 5.69 Å². The van der Waals surface area contributed by atoms with Crippen molar-refractivity contribution in [3.63, 3.8) is 0 Å². The van der Waals surface area contributed by atoms with Crippen LogP contribution in [0.1, 0.15) is 89.9 Å². The molecule has 4 saturated carbocycles. The minimum atomic E-state index is -0.381. The highest BCUT2D eigenvalue weighted by Crippen LogP contribution is 2.68. The first kappa shape index (κ1) is 26.7. The van der Waals surface area contributed by atoms with E-state index in [-0.39, 0.29) is 41.0 Å². The van der Waals surface area contributed by atoms with Gasteiger partial charge in [0.25, 0.3) is 0 Å². The topological polar surface area (TPSA) is 93.9 Å². The summed E-state index contributed by atoms with van der Waals surface area (Å²) in [6.45, 7) is 9.68. The van der Waals surface area contributed by atoms with Crippen LogP contribution < -0.4 is 4.90 Å².